The van der Waals surface area contributed by atoms with E-state index in [1.54, 1.807) is 24.1 Å². The third-order valence-electron chi connectivity index (χ3n) is 3.82. The van der Waals surface area contributed by atoms with Gasteiger partial charge in [0.1, 0.15) is 5.75 Å². The number of hydrogen-bond donors (Lipinski definition) is 1. The molecule has 1 aromatic rings. The van der Waals surface area contributed by atoms with Crippen LogP contribution < -0.4 is 4.74 Å². The number of carboxylic acid groups (broad SMARTS) is 1. The van der Waals surface area contributed by atoms with Gasteiger partial charge >= 0.3 is 5.97 Å². The van der Waals surface area contributed by atoms with Crippen LogP contribution in [0.3, 0.4) is 0 Å². The molecule has 0 spiro atoms. The van der Waals surface area contributed by atoms with E-state index >= 15 is 0 Å². The first kappa shape index (κ1) is 16.3. The van der Waals surface area contributed by atoms with Gasteiger partial charge in [-0.15, -0.1) is 0 Å². The fourth-order valence-electron chi connectivity index (χ4n) is 2.81. The summed E-state index contributed by atoms with van der Waals surface area (Å²) >= 11 is 0. The van der Waals surface area contributed by atoms with Gasteiger partial charge < -0.3 is 19.5 Å². The normalized spacial score (nSPS) is 21.2. The van der Waals surface area contributed by atoms with Crippen LogP contribution in [0.25, 0.3) is 0 Å². The minimum atomic E-state index is -0.952. The molecule has 22 heavy (non-hydrogen) atoms. The highest BCUT2D eigenvalue weighted by Crippen LogP contribution is 2.38. The van der Waals surface area contributed by atoms with Crippen LogP contribution in [-0.2, 0) is 14.3 Å². The summed E-state index contributed by atoms with van der Waals surface area (Å²) < 4.78 is 10.4. The summed E-state index contributed by atoms with van der Waals surface area (Å²) in [6, 6.07) is 6.79. The van der Waals surface area contributed by atoms with Gasteiger partial charge in [0.25, 0.3) is 0 Å². The number of amides is 1. The van der Waals surface area contributed by atoms with E-state index in [9.17, 15) is 14.7 Å². The monoisotopic (exact) mass is 307 g/mol. The summed E-state index contributed by atoms with van der Waals surface area (Å²) in [6.07, 6.45) is 0.0247. The molecule has 0 unspecified atom stereocenters. The van der Waals surface area contributed by atoms with Crippen LogP contribution in [0.4, 0.5) is 0 Å². The van der Waals surface area contributed by atoms with Crippen molar-refractivity contribution in [2.24, 2.45) is 5.92 Å². The van der Waals surface area contributed by atoms with Crippen LogP contribution in [-0.4, -0.2) is 48.8 Å². The second kappa shape index (κ2) is 7.26. The number of likely N-dealkylation sites (tertiary alicyclic amines) is 1. The molecular weight excluding hydrogens is 286 g/mol. The van der Waals surface area contributed by atoms with Gasteiger partial charge in [0.05, 0.1) is 25.2 Å². The minimum absolute atomic E-state index is 0.0247. The molecule has 1 N–H and O–H groups in total. The number of benzene rings is 1. The lowest BCUT2D eigenvalue weighted by atomic mass is 9.93. The molecule has 1 aromatic carbocycles. The van der Waals surface area contributed by atoms with Gasteiger partial charge in [0, 0.05) is 20.1 Å². The van der Waals surface area contributed by atoms with Gasteiger partial charge in [0.2, 0.25) is 5.91 Å². The topological polar surface area (TPSA) is 76.1 Å². The molecule has 120 valence electrons. The van der Waals surface area contributed by atoms with E-state index in [0.29, 0.717) is 19.8 Å². The van der Waals surface area contributed by atoms with Gasteiger partial charge in [-0.25, -0.2) is 0 Å². The lowest BCUT2D eigenvalue weighted by Gasteiger charge is -2.27. The van der Waals surface area contributed by atoms with Crippen molar-refractivity contribution in [2.75, 3.05) is 26.9 Å². The fraction of sp³-hybridized carbons (Fsp3) is 0.500. The van der Waals surface area contributed by atoms with Crippen molar-refractivity contribution in [1.29, 1.82) is 0 Å². The van der Waals surface area contributed by atoms with Crippen molar-refractivity contribution >= 4 is 11.9 Å². The number of nitrogens with zero attached hydrogens (tertiary/aromatic N) is 1. The lowest BCUT2D eigenvalue weighted by Crippen LogP contribution is -2.33. The largest absolute Gasteiger partial charge is 0.494 e. The first-order valence-corrected chi connectivity index (χ1v) is 7.32. The molecule has 1 fully saturated rings. The molecule has 1 saturated heterocycles. The Labute approximate surface area is 129 Å². The first-order chi connectivity index (χ1) is 10.6. The zero-order chi connectivity index (χ0) is 16.1. The zero-order valence-corrected chi connectivity index (χ0v) is 12.8. The molecule has 1 amide bonds. The smallest absolute Gasteiger partial charge is 0.309 e. The SMILES string of the molecule is CCOc1ccc([C@@H]2[C@@H](C(=O)O)CC(=O)N2CCOC)cc1. The quantitative estimate of drug-likeness (QED) is 0.830. The Morgan fingerprint density at radius 1 is 1.36 bits per heavy atom. The number of hydrogen-bond acceptors (Lipinski definition) is 4. The van der Waals surface area contributed by atoms with Crippen LogP contribution in [0.2, 0.25) is 0 Å². The van der Waals surface area contributed by atoms with Gasteiger partial charge in [-0.2, -0.15) is 0 Å². The number of aliphatic carboxylic acids is 1. The molecule has 0 radical (unpaired) electrons. The maximum Gasteiger partial charge on any atom is 0.309 e. The molecule has 2 atom stereocenters. The Morgan fingerprint density at radius 3 is 2.59 bits per heavy atom. The molecule has 2 rings (SSSR count). The van der Waals surface area contributed by atoms with Crippen LogP contribution in [0.5, 0.6) is 5.75 Å². The van der Waals surface area contributed by atoms with E-state index in [1.807, 2.05) is 19.1 Å². The number of carboxylic acids is 1. The van der Waals surface area contributed by atoms with Gasteiger partial charge in [-0.3, -0.25) is 9.59 Å². The maximum absolute atomic E-state index is 12.1. The molecule has 6 heteroatoms. The lowest BCUT2D eigenvalue weighted by molar-refractivity contribution is -0.142. The Kier molecular flexibility index (Phi) is 5.38. The minimum Gasteiger partial charge on any atom is -0.494 e. The van der Waals surface area contributed by atoms with E-state index in [-0.39, 0.29) is 12.3 Å². The Morgan fingerprint density at radius 2 is 2.05 bits per heavy atom. The van der Waals surface area contributed by atoms with Crippen molar-refractivity contribution in [1.82, 2.24) is 4.90 Å². The van der Waals surface area contributed by atoms with Crippen molar-refractivity contribution < 1.29 is 24.2 Å². The number of rotatable bonds is 7. The number of carbonyl (C=O) groups excluding carboxylic acids is 1. The zero-order valence-electron chi connectivity index (χ0n) is 12.8. The summed E-state index contributed by atoms with van der Waals surface area (Å²) in [4.78, 5) is 25.2. The van der Waals surface area contributed by atoms with Crippen LogP contribution in [0.1, 0.15) is 24.9 Å². The van der Waals surface area contributed by atoms with Gasteiger partial charge in [-0.05, 0) is 24.6 Å². The van der Waals surface area contributed by atoms with E-state index in [2.05, 4.69) is 0 Å². The van der Waals surface area contributed by atoms with Crippen molar-refractivity contribution in [3.8, 4) is 5.75 Å². The molecule has 6 nitrogen and oxygen atoms in total. The molecule has 1 aliphatic heterocycles. The third-order valence-corrected chi connectivity index (χ3v) is 3.82. The van der Waals surface area contributed by atoms with Crippen LogP contribution in [0, 0.1) is 5.92 Å². The van der Waals surface area contributed by atoms with Crippen molar-refractivity contribution in [3.63, 3.8) is 0 Å². The Bertz CT molecular complexity index is 528. The predicted molar refractivity (Wildman–Crippen MR) is 79.7 cm³/mol. The molecule has 0 aliphatic carbocycles. The summed E-state index contributed by atoms with van der Waals surface area (Å²) in [5.74, 6) is -1.11. The molecule has 1 heterocycles. The van der Waals surface area contributed by atoms with Gasteiger partial charge in [0.15, 0.2) is 0 Å². The Balaban J connectivity index is 2.27. The standard InChI is InChI=1S/C16H21NO5/c1-3-22-12-6-4-11(5-7-12)15-13(16(19)20)10-14(18)17(15)8-9-21-2/h4-7,13,15H,3,8-10H2,1-2H3,(H,19,20)/t13-,15+/m0/s1. The first-order valence-electron chi connectivity index (χ1n) is 7.32. The summed E-state index contributed by atoms with van der Waals surface area (Å²) in [6.45, 7) is 3.23. The summed E-state index contributed by atoms with van der Waals surface area (Å²) in [5.41, 5.74) is 0.804. The average molecular weight is 307 g/mol. The Hall–Kier alpha value is -2.08. The summed E-state index contributed by atoms with van der Waals surface area (Å²) in [7, 11) is 1.56. The van der Waals surface area contributed by atoms with Crippen molar-refractivity contribution in [3.05, 3.63) is 29.8 Å². The second-order valence-corrected chi connectivity index (χ2v) is 5.18. The molecule has 0 aromatic heterocycles. The molecule has 0 saturated carbocycles. The highest BCUT2D eigenvalue weighted by atomic mass is 16.5. The average Bonchev–Trinajstić information content (AvgIpc) is 2.83. The molecule has 0 bridgehead atoms. The second-order valence-electron chi connectivity index (χ2n) is 5.18. The number of carbonyl (C=O) groups is 2. The molecular formula is C16H21NO5. The predicted octanol–water partition coefficient (Wildman–Crippen LogP) is 1.71. The third kappa shape index (κ3) is 3.39. The number of ether oxygens (including phenoxy) is 2. The van der Waals surface area contributed by atoms with E-state index in [1.165, 1.54) is 0 Å². The fourth-order valence-corrected chi connectivity index (χ4v) is 2.81. The van der Waals surface area contributed by atoms with E-state index in [4.69, 9.17) is 9.47 Å². The van der Waals surface area contributed by atoms with E-state index < -0.39 is 17.9 Å². The maximum atomic E-state index is 12.1. The van der Waals surface area contributed by atoms with Crippen LogP contribution in [0.15, 0.2) is 24.3 Å². The van der Waals surface area contributed by atoms with E-state index in [0.717, 1.165) is 11.3 Å². The van der Waals surface area contributed by atoms with Crippen LogP contribution >= 0.6 is 0 Å². The summed E-state index contributed by atoms with van der Waals surface area (Å²) in [5, 5.41) is 9.41. The molecule has 1 aliphatic rings. The van der Waals surface area contributed by atoms with Gasteiger partial charge in [-0.1, -0.05) is 12.1 Å². The number of methoxy groups -OCH3 is 1. The highest BCUT2D eigenvalue weighted by Gasteiger charge is 2.44. The van der Waals surface area contributed by atoms with Crippen molar-refractivity contribution in [2.45, 2.75) is 19.4 Å². The highest BCUT2D eigenvalue weighted by molar-refractivity contribution is 5.87.